The molecule has 1 rings (SSSR count). The van der Waals surface area contributed by atoms with E-state index < -0.39 is 5.91 Å². The minimum Gasteiger partial charge on any atom is -0.428 e. The molecular weight excluding hydrogens is 170 g/mol. The van der Waals surface area contributed by atoms with E-state index in [4.69, 9.17) is 5.73 Å². The van der Waals surface area contributed by atoms with E-state index in [9.17, 15) is 9.59 Å². The number of para-hydroxylation sites is 1. The van der Waals surface area contributed by atoms with Crippen LogP contribution in [0.3, 0.4) is 0 Å². The predicted octanol–water partition coefficient (Wildman–Crippen LogP) is 0.250. The van der Waals surface area contributed by atoms with E-state index in [-0.39, 0.29) is 6.42 Å². The quantitative estimate of drug-likeness (QED) is 0.673. The first-order valence-electron chi connectivity index (χ1n) is 3.70. The van der Waals surface area contributed by atoms with Crippen molar-refractivity contribution < 1.29 is 14.3 Å². The molecule has 0 bridgehead atoms. The number of ether oxygens (including phenoxy) is 1. The highest BCUT2D eigenvalue weighted by atomic mass is 16.5. The number of hydrogen-bond acceptors (Lipinski definition) is 3. The second kappa shape index (κ2) is 4.25. The molecule has 2 N–H and O–H groups in total. The lowest BCUT2D eigenvalue weighted by atomic mass is 10.1. The summed E-state index contributed by atoms with van der Waals surface area (Å²) in [5.74, 6) is -0.0850. The second-order valence-electron chi connectivity index (χ2n) is 2.46. The molecule has 1 aromatic carbocycles. The lowest BCUT2D eigenvalue weighted by Gasteiger charge is -2.03. The lowest BCUT2D eigenvalue weighted by Crippen LogP contribution is -2.14. The second-order valence-corrected chi connectivity index (χ2v) is 2.46. The van der Waals surface area contributed by atoms with Gasteiger partial charge in [-0.05, 0) is 6.07 Å². The van der Waals surface area contributed by atoms with Crippen LogP contribution in [0.2, 0.25) is 0 Å². The molecule has 0 radical (unpaired) electrons. The molecule has 0 saturated heterocycles. The van der Waals surface area contributed by atoms with Gasteiger partial charge in [0.15, 0.2) is 0 Å². The van der Waals surface area contributed by atoms with Crippen molar-refractivity contribution in [1.29, 1.82) is 0 Å². The summed E-state index contributed by atoms with van der Waals surface area (Å²) in [4.78, 5) is 20.7. The van der Waals surface area contributed by atoms with Crippen LogP contribution < -0.4 is 10.5 Å². The first kappa shape index (κ1) is 9.25. The van der Waals surface area contributed by atoms with Gasteiger partial charge in [-0.1, -0.05) is 18.2 Å². The molecule has 4 nitrogen and oxygen atoms in total. The Morgan fingerprint density at radius 2 is 2.15 bits per heavy atom. The fraction of sp³-hybridized carbons (Fsp3) is 0.111. The van der Waals surface area contributed by atoms with Crippen molar-refractivity contribution in [2.75, 3.05) is 0 Å². The smallest absolute Gasteiger partial charge is 0.298 e. The minimum absolute atomic E-state index is 0.0734. The molecule has 0 heterocycles. The standard InChI is InChI=1S/C9H9NO3/c10-9(12)5-7-3-1-2-4-8(7)13-6-11/h1-4,6H,5H2,(H2,10,12). The minimum atomic E-state index is -0.457. The van der Waals surface area contributed by atoms with Crippen LogP contribution in [0.15, 0.2) is 24.3 Å². The van der Waals surface area contributed by atoms with Crippen LogP contribution >= 0.6 is 0 Å². The number of nitrogens with two attached hydrogens (primary N) is 1. The summed E-state index contributed by atoms with van der Waals surface area (Å²) in [6, 6.07) is 6.75. The molecule has 0 atom stereocenters. The largest absolute Gasteiger partial charge is 0.428 e. The highest BCUT2D eigenvalue weighted by Gasteiger charge is 2.04. The Hall–Kier alpha value is -1.84. The van der Waals surface area contributed by atoms with E-state index in [1.54, 1.807) is 24.3 Å². The summed E-state index contributed by atoms with van der Waals surface area (Å²) in [7, 11) is 0. The molecule has 0 unspecified atom stereocenters. The van der Waals surface area contributed by atoms with E-state index in [2.05, 4.69) is 4.74 Å². The first-order valence-corrected chi connectivity index (χ1v) is 3.70. The van der Waals surface area contributed by atoms with E-state index in [0.717, 1.165) is 0 Å². The highest BCUT2D eigenvalue weighted by molar-refractivity contribution is 5.77. The summed E-state index contributed by atoms with van der Waals surface area (Å²) in [5, 5.41) is 0. The summed E-state index contributed by atoms with van der Waals surface area (Å²) < 4.78 is 4.65. The monoisotopic (exact) mass is 179 g/mol. The van der Waals surface area contributed by atoms with E-state index in [1.165, 1.54) is 0 Å². The van der Waals surface area contributed by atoms with Gasteiger partial charge in [0.25, 0.3) is 6.47 Å². The zero-order chi connectivity index (χ0) is 9.68. The maximum Gasteiger partial charge on any atom is 0.298 e. The molecule has 68 valence electrons. The Balaban J connectivity index is 2.90. The Bertz CT molecular complexity index is 322. The van der Waals surface area contributed by atoms with Gasteiger partial charge in [-0.2, -0.15) is 0 Å². The zero-order valence-corrected chi connectivity index (χ0v) is 6.90. The first-order chi connectivity index (χ1) is 6.24. The lowest BCUT2D eigenvalue weighted by molar-refractivity contribution is -0.121. The molecule has 1 aromatic rings. The molecular formula is C9H9NO3. The van der Waals surface area contributed by atoms with Gasteiger partial charge in [0.2, 0.25) is 5.91 Å². The zero-order valence-electron chi connectivity index (χ0n) is 6.90. The number of hydrogen-bond donors (Lipinski definition) is 1. The van der Waals surface area contributed by atoms with Gasteiger partial charge >= 0.3 is 0 Å². The Morgan fingerprint density at radius 1 is 1.46 bits per heavy atom. The fourth-order valence-corrected chi connectivity index (χ4v) is 1.00. The van der Waals surface area contributed by atoms with Crippen molar-refractivity contribution in [3.8, 4) is 5.75 Å². The van der Waals surface area contributed by atoms with Crippen LogP contribution in [0.25, 0.3) is 0 Å². The average molecular weight is 179 g/mol. The normalized spacial score (nSPS) is 9.23. The van der Waals surface area contributed by atoms with E-state index in [0.29, 0.717) is 17.8 Å². The molecule has 0 aromatic heterocycles. The third-order valence-electron chi connectivity index (χ3n) is 1.51. The van der Waals surface area contributed by atoms with Crippen molar-refractivity contribution in [2.45, 2.75) is 6.42 Å². The summed E-state index contributed by atoms with van der Waals surface area (Å²) >= 11 is 0. The Kier molecular flexibility index (Phi) is 3.03. The summed E-state index contributed by atoms with van der Waals surface area (Å²) in [6.45, 7) is 0.319. The van der Waals surface area contributed by atoms with E-state index >= 15 is 0 Å². The average Bonchev–Trinajstić information content (AvgIpc) is 2.08. The van der Waals surface area contributed by atoms with Crippen LogP contribution in [0.4, 0.5) is 0 Å². The summed E-state index contributed by atoms with van der Waals surface area (Å²) in [6.07, 6.45) is 0.0734. The van der Waals surface area contributed by atoms with Gasteiger partial charge in [-0.3, -0.25) is 9.59 Å². The topological polar surface area (TPSA) is 69.4 Å². The summed E-state index contributed by atoms with van der Waals surface area (Å²) in [5.41, 5.74) is 5.62. The van der Waals surface area contributed by atoms with Gasteiger partial charge in [0, 0.05) is 5.56 Å². The van der Waals surface area contributed by atoms with Gasteiger partial charge in [-0.15, -0.1) is 0 Å². The maximum atomic E-state index is 10.6. The Morgan fingerprint density at radius 3 is 2.77 bits per heavy atom. The number of amides is 1. The van der Waals surface area contributed by atoms with Gasteiger partial charge in [0.1, 0.15) is 5.75 Å². The SMILES string of the molecule is NC(=O)Cc1ccccc1OC=O. The van der Waals surface area contributed by atoms with E-state index in [1.807, 2.05) is 0 Å². The number of primary amides is 1. The maximum absolute atomic E-state index is 10.6. The third-order valence-corrected chi connectivity index (χ3v) is 1.51. The van der Waals surface area contributed by atoms with Crippen molar-refractivity contribution in [3.63, 3.8) is 0 Å². The molecule has 0 aliphatic heterocycles. The molecule has 0 fully saturated rings. The third kappa shape index (κ3) is 2.59. The van der Waals surface area contributed by atoms with Crippen molar-refractivity contribution in [2.24, 2.45) is 5.73 Å². The number of rotatable bonds is 4. The van der Waals surface area contributed by atoms with Crippen LogP contribution in [0.1, 0.15) is 5.56 Å². The van der Waals surface area contributed by atoms with Crippen molar-refractivity contribution in [3.05, 3.63) is 29.8 Å². The number of carbonyl (C=O) groups is 2. The molecule has 0 aliphatic carbocycles. The Labute approximate surface area is 75.3 Å². The highest BCUT2D eigenvalue weighted by Crippen LogP contribution is 2.17. The van der Waals surface area contributed by atoms with Crippen LogP contribution in [0.5, 0.6) is 5.75 Å². The van der Waals surface area contributed by atoms with Crippen molar-refractivity contribution >= 4 is 12.4 Å². The molecule has 1 amide bonds. The molecule has 0 spiro atoms. The van der Waals surface area contributed by atoms with Gasteiger partial charge in [0.05, 0.1) is 6.42 Å². The van der Waals surface area contributed by atoms with Crippen molar-refractivity contribution in [1.82, 2.24) is 0 Å². The van der Waals surface area contributed by atoms with Crippen LogP contribution in [-0.2, 0) is 16.0 Å². The molecule has 0 saturated carbocycles. The molecule has 0 aliphatic rings. The number of benzene rings is 1. The molecule has 13 heavy (non-hydrogen) atoms. The van der Waals surface area contributed by atoms with Crippen LogP contribution in [0, 0.1) is 0 Å². The fourth-order valence-electron chi connectivity index (χ4n) is 1.00. The number of carbonyl (C=O) groups excluding carboxylic acids is 2. The van der Waals surface area contributed by atoms with Gasteiger partial charge < -0.3 is 10.5 Å². The van der Waals surface area contributed by atoms with Gasteiger partial charge in [-0.25, -0.2) is 0 Å². The molecule has 4 heteroatoms. The van der Waals surface area contributed by atoms with Crippen LogP contribution in [-0.4, -0.2) is 12.4 Å². The predicted molar refractivity (Wildman–Crippen MR) is 46.0 cm³/mol.